The quantitative estimate of drug-likeness (QED) is 0.676. The first-order valence-corrected chi connectivity index (χ1v) is 7.09. The number of esters is 1. The fourth-order valence-corrected chi connectivity index (χ4v) is 2.52. The minimum Gasteiger partial charge on any atom is -0.459 e. The molecule has 1 unspecified atom stereocenters. The summed E-state index contributed by atoms with van der Waals surface area (Å²) in [7, 11) is 0. The van der Waals surface area contributed by atoms with Gasteiger partial charge in [0.2, 0.25) is 0 Å². The maximum absolute atomic E-state index is 11.9. The third-order valence-corrected chi connectivity index (χ3v) is 4.02. The Balaban J connectivity index is 1.91. The summed E-state index contributed by atoms with van der Waals surface area (Å²) in [4.78, 5) is 11.9. The molecule has 0 amide bonds. The van der Waals surface area contributed by atoms with E-state index in [1.165, 1.54) is 5.57 Å². The Bertz CT molecular complexity index is 488. The van der Waals surface area contributed by atoms with Crippen LogP contribution in [0.5, 0.6) is 0 Å². The van der Waals surface area contributed by atoms with Gasteiger partial charge in [-0.2, -0.15) is 0 Å². The highest BCUT2D eigenvalue weighted by molar-refractivity contribution is 5.89. The maximum Gasteiger partial charge on any atom is 0.338 e. The molecule has 0 aromatic heterocycles. The molecule has 1 aliphatic rings. The summed E-state index contributed by atoms with van der Waals surface area (Å²) < 4.78 is 5.26. The van der Waals surface area contributed by atoms with Crippen molar-refractivity contribution in [3.63, 3.8) is 0 Å². The molecule has 1 aromatic carbocycles. The van der Waals surface area contributed by atoms with E-state index in [1.807, 2.05) is 6.07 Å². The first-order chi connectivity index (χ1) is 9.49. The molecule has 1 aliphatic carbocycles. The number of ether oxygens (including phenoxy) is 1. The summed E-state index contributed by atoms with van der Waals surface area (Å²) in [6.07, 6.45) is 4.97. The number of rotatable bonds is 4. The van der Waals surface area contributed by atoms with Crippen LogP contribution in [0.25, 0.3) is 0 Å². The van der Waals surface area contributed by atoms with Gasteiger partial charge in [-0.25, -0.2) is 4.79 Å². The number of hydrogen-bond acceptors (Lipinski definition) is 3. The van der Waals surface area contributed by atoms with Crippen LogP contribution in [-0.4, -0.2) is 23.3 Å². The van der Waals surface area contributed by atoms with Crippen LogP contribution in [0, 0.1) is 5.92 Å². The molecule has 0 fully saturated rings. The van der Waals surface area contributed by atoms with E-state index in [1.54, 1.807) is 31.2 Å². The van der Waals surface area contributed by atoms with Crippen molar-refractivity contribution < 1.29 is 14.6 Å². The van der Waals surface area contributed by atoms with Crippen LogP contribution in [0.1, 0.15) is 43.5 Å². The lowest BCUT2D eigenvalue weighted by molar-refractivity contribution is -0.0599. The van der Waals surface area contributed by atoms with E-state index in [0.29, 0.717) is 5.56 Å². The van der Waals surface area contributed by atoms with Crippen LogP contribution in [0.4, 0.5) is 0 Å². The molecule has 1 aromatic rings. The minimum absolute atomic E-state index is 0.0400. The Morgan fingerprint density at radius 2 is 2.10 bits per heavy atom. The highest BCUT2D eigenvalue weighted by Crippen LogP contribution is 2.32. The topological polar surface area (TPSA) is 46.5 Å². The molecule has 0 heterocycles. The van der Waals surface area contributed by atoms with Crippen LogP contribution in [0.3, 0.4) is 0 Å². The smallest absolute Gasteiger partial charge is 0.338 e. The standard InChI is InChI=1S/C17H22O3/c1-13-8-10-15(11-9-13)17(2,19)12-20-16(18)14-6-4-3-5-7-14/h3-8,15,19H,9-12H2,1-2H3/t15-,17?/m0/s1. The predicted octanol–water partition coefficient (Wildman–Crippen LogP) is 3.34. The van der Waals surface area contributed by atoms with Crippen LogP contribution < -0.4 is 0 Å². The molecule has 3 nitrogen and oxygen atoms in total. The second kappa shape index (κ2) is 6.23. The normalized spacial score (nSPS) is 21.8. The molecule has 0 bridgehead atoms. The fraction of sp³-hybridized carbons (Fsp3) is 0.471. The number of aliphatic hydroxyl groups is 1. The van der Waals surface area contributed by atoms with Crippen molar-refractivity contribution in [1.29, 1.82) is 0 Å². The molecule has 2 rings (SSSR count). The lowest BCUT2D eigenvalue weighted by atomic mass is 9.79. The van der Waals surface area contributed by atoms with Crippen molar-refractivity contribution in [2.24, 2.45) is 5.92 Å². The van der Waals surface area contributed by atoms with Gasteiger partial charge in [0.1, 0.15) is 6.61 Å². The monoisotopic (exact) mass is 274 g/mol. The molecule has 2 atom stereocenters. The van der Waals surface area contributed by atoms with Crippen molar-refractivity contribution in [1.82, 2.24) is 0 Å². The number of carbonyl (C=O) groups is 1. The van der Waals surface area contributed by atoms with Crippen molar-refractivity contribution in [2.45, 2.75) is 38.7 Å². The van der Waals surface area contributed by atoms with E-state index in [9.17, 15) is 9.90 Å². The van der Waals surface area contributed by atoms with Crippen molar-refractivity contribution in [2.75, 3.05) is 6.61 Å². The number of carbonyl (C=O) groups excluding carboxylic acids is 1. The van der Waals surface area contributed by atoms with Crippen molar-refractivity contribution >= 4 is 5.97 Å². The van der Waals surface area contributed by atoms with E-state index in [4.69, 9.17) is 4.74 Å². The van der Waals surface area contributed by atoms with Gasteiger partial charge in [-0.3, -0.25) is 0 Å². The Labute approximate surface area is 120 Å². The van der Waals surface area contributed by atoms with Gasteiger partial charge >= 0.3 is 5.97 Å². The van der Waals surface area contributed by atoms with Crippen LogP contribution in [0.15, 0.2) is 42.0 Å². The van der Waals surface area contributed by atoms with Gasteiger partial charge in [0, 0.05) is 0 Å². The van der Waals surface area contributed by atoms with E-state index < -0.39 is 5.60 Å². The van der Waals surface area contributed by atoms with Gasteiger partial charge in [-0.1, -0.05) is 29.8 Å². The Hall–Kier alpha value is -1.61. The summed E-state index contributed by atoms with van der Waals surface area (Å²) in [5, 5.41) is 10.5. The van der Waals surface area contributed by atoms with Crippen LogP contribution in [0.2, 0.25) is 0 Å². The zero-order valence-corrected chi connectivity index (χ0v) is 12.1. The second-order valence-electron chi connectivity index (χ2n) is 5.82. The Kier molecular flexibility index (Phi) is 4.61. The number of allylic oxidation sites excluding steroid dienone is 2. The van der Waals surface area contributed by atoms with Gasteiger partial charge in [0.25, 0.3) is 0 Å². The Morgan fingerprint density at radius 3 is 2.70 bits per heavy atom. The molecule has 20 heavy (non-hydrogen) atoms. The molecule has 0 spiro atoms. The van der Waals surface area contributed by atoms with E-state index in [-0.39, 0.29) is 18.5 Å². The number of benzene rings is 1. The summed E-state index contributed by atoms with van der Waals surface area (Å²) in [5.74, 6) is -0.233. The largest absolute Gasteiger partial charge is 0.459 e. The average molecular weight is 274 g/mol. The van der Waals surface area contributed by atoms with E-state index in [0.717, 1.165) is 19.3 Å². The molecule has 0 radical (unpaired) electrons. The third kappa shape index (κ3) is 3.70. The summed E-state index contributed by atoms with van der Waals surface area (Å²) in [6, 6.07) is 8.87. The van der Waals surface area contributed by atoms with Gasteiger partial charge in [0.05, 0.1) is 11.2 Å². The zero-order valence-electron chi connectivity index (χ0n) is 12.1. The highest BCUT2D eigenvalue weighted by atomic mass is 16.5. The zero-order chi connectivity index (χ0) is 14.6. The first-order valence-electron chi connectivity index (χ1n) is 7.09. The van der Waals surface area contributed by atoms with Gasteiger partial charge in [-0.15, -0.1) is 0 Å². The minimum atomic E-state index is -0.971. The average Bonchev–Trinajstić information content (AvgIpc) is 2.46. The maximum atomic E-state index is 11.9. The molecule has 0 saturated carbocycles. The molecular weight excluding hydrogens is 252 g/mol. The van der Waals surface area contributed by atoms with Gasteiger partial charge < -0.3 is 9.84 Å². The van der Waals surface area contributed by atoms with E-state index in [2.05, 4.69) is 13.0 Å². The molecule has 3 heteroatoms. The molecular formula is C17H22O3. The molecule has 1 N–H and O–H groups in total. The lowest BCUT2D eigenvalue weighted by Crippen LogP contribution is -2.40. The SMILES string of the molecule is CC1=CC[C@H](C(C)(O)COC(=O)c2ccccc2)CC1. The number of hydrogen-bond donors (Lipinski definition) is 1. The van der Waals surface area contributed by atoms with Gasteiger partial charge in [0.15, 0.2) is 0 Å². The molecule has 0 aliphatic heterocycles. The summed E-state index contributed by atoms with van der Waals surface area (Å²) in [5.41, 5.74) is 0.919. The molecule has 108 valence electrons. The summed E-state index contributed by atoms with van der Waals surface area (Å²) in [6.45, 7) is 3.91. The van der Waals surface area contributed by atoms with E-state index >= 15 is 0 Å². The fourth-order valence-electron chi connectivity index (χ4n) is 2.52. The third-order valence-electron chi connectivity index (χ3n) is 4.02. The first kappa shape index (κ1) is 14.8. The van der Waals surface area contributed by atoms with Gasteiger partial charge in [-0.05, 0) is 51.2 Å². The predicted molar refractivity (Wildman–Crippen MR) is 78.4 cm³/mol. The summed E-state index contributed by atoms with van der Waals surface area (Å²) >= 11 is 0. The van der Waals surface area contributed by atoms with Crippen LogP contribution in [-0.2, 0) is 4.74 Å². The van der Waals surface area contributed by atoms with Crippen molar-refractivity contribution in [3.05, 3.63) is 47.5 Å². The highest BCUT2D eigenvalue weighted by Gasteiger charge is 2.33. The Morgan fingerprint density at radius 1 is 1.40 bits per heavy atom. The van der Waals surface area contributed by atoms with Crippen molar-refractivity contribution in [3.8, 4) is 0 Å². The second-order valence-corrected chi connectivity index (χ2v) is 5.82. The van der Waals surface area contributed by atoms with Crippen LogP contribution >= 0.6 is 0 Å². The molecule has 0 saturated heterocycles. The lowest BCUT2D eigenvalue weighted by Gasteiger charge is -2.34.